The lowest BCUT2D eigenvalue weighted by atomic mass is 9.94. The van der Waals surface area contributed by atoms with Crippen molar-refractivity contribution in [2.75, 3.05) is 36.3 Å². The number of aromatic carboxylic acids is 1. The summed E-state index contributed by atoms with van der Waals surface area (Å²) < 4.78 is 16.9. The summed E-state index contributed by atoms with van der Waals surface area (Å²) >= 11 is 7.05. The zero-order valence-corrected chi connectivity index (χ0v) is 54.6. The molecule has 5 aromatic heterocycles. The summed E-state index contributed by atoms with van der Waals surface area (Å²) in [7, 11) is 1.63. The van der Waals surface area contributed by atoms with Gasteiger partial charge in [0.15, 0.2) is 17.5 Å². The van der Waals surface area contributed by atoms with Crippen molar-refractivity contribution in [3.05, 3.63) is 153 Å². The van der Waals surface area contributed by atoms with Gasteiger partial charge in [-0.25, -0.2) is 29.9 Å². The van der Waals surface area contributed by atoms with E-state index in [2.05, 4.69) is 45.1 Å². The molecule has 0 unspecified atom stereocenters. The lowest BCUT2D eigenvalue weighted by molar-refractivity contribution is -0.302. The van der Waals surface area contributed by atoms with Crippen molar-refractivity contribution < 1.29 is 48.7 Å². The van der Waals surface area contributed by atoms with E-state index in [1.54, 1.807) is 41.9 Å². The fourth-order valence-electron chi connectivity index (χ4n) is 10.2. The Hall–Kier alpha value is -7.99. The molecule has 1 N–H and O–H groups in total. The number of amides is 1. The molecule has 1 amide bonds. The summed E-state index contributed by atoms with van der Waals surface area (Å²) in [5, 5.41) is 40.9. The third-order valence-corrected chi connectivity index (χ3v) is 19.9. The van der Waals surface area contributed by atoms with Crippen LogP contribution < -0.4 is 30.1 Å². The molecule has 22 heteroatoms. The number of hydrogen-bond acceptors (Lipinski definition) is 21. The summed E-state index contributed by atoms with van der Waals surface area (Å²) in [4.78, 5) is 78.7. The van der Waals surface area contributed by atoms with Gasteiger partial charge in [-0.2, -0.15) is 0 Å². The first-order valence-electron chi connectivity index (χ1n) is 29.4. The molecule has 0 spiro atoms. The zero-order chi connectivity index (χ0) is 63.5. The second-order valence-electron chi connectivity index (χ2n) is 21.9. The quantitative estimate of drug-likeness (QED) is 0.0423. The maximum absolute atomic E-state index is 12.6. The highest BCUT2D eigenvalue weighted by atomic mass is 32.2. The van der Waals surface area contributed by atoms with Gasteiger partial charge in [0.05, 0.1) is 55.1 Å². The number of carboxylic acid groups (broad SMARTS) is 3. The molecule has 90 heavy (non-hydrogen) atoms. The number of nitrogens with one attached hydrogen (secondary N) is 1. The van der Waals surface area contributed by atoms with E-state index >= 15 is 0 Å². The Morgan fingerprint density at radius 3 is 1.89 bits per heavy atom. The van der Waals surface area contributed by atoms with Crippen molar-refractivity contribution in [3.8, 4) is 45.7 Å². The number of nitrogens with zero attached hydrogens (tertiary/aromatic N) is 6. The second-order valence-corrected chi connectivity index (χ2v) is 27.0. The van der Waals surface area contributed by atoms with E-state index < -0.39 is 17.9 Å². The standard InChI is InChI=1S/C26H23N3O3S.C23H26N2O4S2.C19H18N2O3S2/c1-3-17-10-11-22-21(13-17)25(29-24(28-22)18-7-4-6-16(2)12-18)33-15-23(30)27-20-9-5-8-19(14-20)26(31)32;1-4-5-10-28-15-8-6-14(7-9-15)20-24-21(30-13-18(26)27)19-16-11-23(2,3)29-12-17(16)31-22(19)25-20;1-24-12-8-6-11(7-9-12)17-20-18(25-10-15(22)23)16-13-4-2-3-5-14(13)26-19(16)21-17/h4-14H,3,15H2,1-2H3,(H,27,30)(H,31,32);6-9H,4-5,10-13H2,1-3H3,(H,26,27);6-9H,2-5,10H2,1H3,(H,22,23)/p-3. The molecule has 0 fully saturated rings. The molecule has 464 valence electrons. The Morgan fingerprint density at radius 2 is 1.26 bits per heavy atom. The molecule has 0 atom stereocenters. The Bertz CT molecular complexity index is 4270. The van der Waals surface area contributed by atoms with Gasteiger partial charge in [-0.1, -0.05) is 97.5 Å². The molecule has 1 aliphatic heterocycles. The molecule has 0 bridgehead atoms. The van der Waals surface area contributed by atoms with E-state index in [-0.39, 0.29) is 34.3 Å². The Morgan fingerprint density at radius 1 is 0.644 bits per heavy atom. The van der Waals surface area contributed by atoms with Gasteiger partial charge in [0.1, 0.15) is 36.2 Å². The predicted molar refractivity (Wildman–Crippen MR) is 353 cm³/mol. The average molecular weight is 1300 g/mol. The number of anilines is 1. The average Bonchev–Trinajstić information content (AvgIpc) is 1.62. The SMILES string of the molecule is CCCCOc1ccc(-c2nc(SCC(=O)[O-])c3c4c(sc3n2)COC(C)(C)C4)cc1.CCc1ccc2nc(-c3cccc(C)c3)nc(SCC(=O)Nc3cccc(C(=O)[O-])c3)c2c1.COc1ccc(-c2nc(SCC(=O)[O-])c3c4c(sc3n2)CCCC4)cc1. The van der Waals surface area contributed by atoms with Crippen molar-refractivity contribution in [2.45, 2.75) is 113 Å². The van der Waals surface area contributed by atoms with Gasteiger partial charge in [0.25, 0.3) is 0 Å². The molecule has 1 aliphatic carbocycles. The molecule has 6 heterocycles. The molecule has 5 aromatic carbocycles. The number of carbonyl (C=O) groups excluding carboxylic acids is 4. The normalized spacial score (nSPS) is 13.1. The summed E-state index contributed by atoms with van der Waals surface area (Å²) in [6, 6.07) is 35.4. The third kappa shape index (κ3) is 16.3. The van der Waals surface area contributed by atoms with Gasteiger partial charge in [-0.3, -0.25) is 4.79 Å². The molecule has 12 rings (SSSR count). The monoisotopic (exact) mass is 1300 g/mol. The van der Waals surface area contributed by atoms with Crippen LogP contribution in [0.25, 0.3) is 65.5 Å². The minimum Gasteiger partial charge on any atom is -0.549 e. The number of aromatic nitrogens is 6. The highest BCUT2D eigenvalue weighted by Gasteiger charge is 2.31. The lowest BCUT2D eigenvalue weighted by Gasteiger charge is -2.30. The van der Waals surface area contributed by atoms with Crippen LogP contribution in [0.1, 0.15) is 95.7 Å². The van der Waals surface area contributed by atoms with Crippen LogP contribution in [0, 0.1) is 6.92 Å². The van der Waals surface area contributed by atoms with Crippen molar-refractivity contribution in [2.24, 2.45) is 0 Å². The van der Waals surface area contributed by atoms with Crippen molar-refractivity contribution in [3.63, 3.8) is 0 Å². The van der Waals surface area contributed by atoms with Gasteiger partial charge in [0.2, 0.25) is 5.91 Å². The number of unbranched alkanes of at least 4 members (excludes halogenated alkanes) is 1. The summed E-state index contributed by atoms with van der Waals surface area (Å²) in [6.45, 7) is 11.6. The van der Waals surface area contributed by atoms with Gasteiger partial charge < -0.3 is 49.2 Å². The largest absolute Gasteiger partial charge is 0.549 e. The molecular formula is C68H64N7O10S5-3. The smallest absolute Gasteiger partial charge is 0.234 e. The summed E-state index contributed by atoms with van der Waals surface area (Å²) in [5.74, 6) is -0.508. The molecular weight excluding hydrogens is 1240 g/mol. The number of carboxylic acids is 3. The first kappa shape index (κ1) is 65.0. The zero-order valence-electron chi connectivity index (χ0n) is 50.5. The predicted octanol–water partition coefficient (Wildman–Crippen LogP) is 11.6. The highest BCUT2D eigenvalue weighted by Crippen LogP contribution is 2.44. The number of methoxy groups -OCH3 is 1. The van der Waals surface area contributed by atoms with Crippen LogP contribution in [0.15, 0.2) is 130 Å². The van der Waals surface area contributed by atoms with Crippen LogP contribution in [0.4, 0.5) is 5.69 Å². The second kappa shape index (κ2) is 29.8. The molecule has 17 nitrogen and oxygen atoms in total. The number of benzene rings is 5. The molecule has 0 radical (unpaired) electrons. The fraction of sp³-hybridized carbons (Fsp3) is 0.294. The Balaban J connectivity index is 0.000000149. The summed E-state index contributed by atoms with van der Waals surface area (Å²) in [6.07, 6.45) is 8.17. The molecule has 0 saturated heterocycles. The number of fused-ring (bicyclic) bond motifs is 7. The minimum atomic E-state index is -1.29. The molecule has 2 aliphatic rings. The van der Waals surface area contributed by atoms with Crippen molar-refractivity contribution >= 4 is 119 Å². The third-order valence-electron chi connectivity index (χ3n) is 14.7. The van der Waals surface area contributed by atoms with Crippen LogP contribution in [0.2, 0.25) is 0 Å². The first-order valence-corrected chi connectivity index (χ1v) is 34.0. The van der Waals surface area contributed by atoms with E-state index in [0.717, 1.165) is 125 Å². The first-order chi connectivity index (χ1) is 43.4. The lowest BCUT2D eigenvalue weighted by Crippen LogP contribution is -2.31. The number of rotatable bonds is 20. The highest BCUT2D eigenvalue weighted by molar-refractivity contribution is 8.00. The maximum Gasteiger partial charge on any atom is 0.234 e. The number of hydrogen-bond donors (Lipinski definition) is 1. The van der Waals surface area contributed by atoms with Gasteiger partial charge in [-0.05, 0) is 160 Å². The van der Waals surface area contributed by atoms with Crippen LogP contribution in [-0.2, 0) is 51.4 Å². The van der Waals surface area contributed by atoms with E-state index in [4.69, 9.17) is 44.1 Å². The molecule has 10 aromatic rings. The van der Waals surface area contributed by atoms with E-state index in [1.807, 2.05) is 85.8 Å². The van der Waals surface area contributed by atoms with Crippen molar-refractivity contribution in [1.82, 2.24) is 29.9 Å². The number of carbonyl (C=O) groups is 4. The summed E-state index contributed by atoms with van der Waals surface area (Å²) in [5.41, 5.74) is 8.39. The van der Waals surface area contributed by atoms with E-state index in [0.29, 0.717) is 41.4 Å². The maximum atomic E-state index is 12.6. The molecule has 0 saturated carbocycles. The number of aryl methyl sites for hydroxylation is 4. The van der Waals surface area contributed by atoms with Crippen LogP contribution in [0.3, 0.4) is 0 Å². The number of thiophene rings is 2. The topological polar surface area (TPSA) is 255 Å². The fourth-order valence-corrected chi connectivity index (χ4v) is 15.0. The van der Waals surface area contributed by atoms with Crippen LogP contribution in [0.5, 0.6) is 11.5 Å². The van der Waals surface area contributed by atoms with Crippen LogP contribution in [-0.4, -0.2) is 90.3 Å². The Labute approximate surface area is 541 Å². The van der Waals surface area contributed by atoms with E-state index in [9.17, 15) is 34.5 Å². The van der Waals surface area contributed by atoms with Gasteiger partial charge >= 0.3 is 0 Å². The van der Waals surface area contributed by atoms with Crippen molar-refractivity contribution in [1.29, 1.82) is 0 Å². The minimum absolute atomic E-state index is 0.0112. The Kier molecular flexibility index (Phi) is 21.5. The van der Waals surface area contributed by atoms with E-state index in [1.165, 1.54) is 75.4 Å². The number of ether oxygens (including phenoxy) is 3. The number of thioether (sulfide) groups is 3. The van der Waals surface area contributed by atoms with Gasteiger partial charge in [-0.15, -0.1) is 22.7 Å². The number of aliphatic carboxylic acids is 2. The van der Waals surface area contributed by atoms with Gasteiger partial charge in [0, 0.05) is 66.2 Å². The van der Waals surface area contributed by atoms with Crippen LogP contribution >= 0.6 is 58.0 Å².